The molecule has 0 saturated heterocycles. The molecule has 4 aromatic rings. The summed E-state index contributed by atoms with van der Waals surface area (Å²) >= 11 is 0. The van der Waals surface area contributed by atoms with Crippen LogP contribution >= 0.6 is 0 Å². The van der Waals surface area contributed by atoms with Crippen molar-refractivity contribution in [1.82, 2.24) is 9.97 Å². The first-order valence-corrected chi connectivity index (χ1v) is 12.5. The van der Waals surface area contributed by atoms with Crippen LogP contribution in [-0.4, -0.2) is 38.0 Å². The van der Waals surface area contributed by atoms with E-state index in [1.807, 2.05) is 30.3 Å². The number of amides is 1. The van der Waals surface area contributed by atoms with E-state index in [0.29, 0.717) is 23.6 Å². The average molecular weight is 505 g/mol. The Bertz CT molecular complexity index is 1430. The van der Waals surface area contributed by atoms with Crippen molar-refractivity contribution >= 4 is 27.4 Å². The molecule has 0 unspecified atom stereocenters. The fraction of sp³-hybridized carbons (Fsp3) is 0.115. The number of sulfonamides is 1. The van der Waals surface area contributed by atoms with E-state index < -0.39 is 10.0 Å². The Balaban J connectivity index is 1.37. The molecule has 1 amide bonds. The Morgan fingerprint density at radius 3 is 2.42 bits per heavy atom. The zero-order valence-corrected chi connectivity index (χ0v) is 20.2. The van der Waals surface area contributed by atoms with Gasteiger partial charge in [-0.2, -0.15) is 0 Å². The summed E-state index contributed by atoms with van der Waals surface area (Å²) in [6.45, 7) is 0.486. The van der Waals surface area contributed by atoms with Crippen molar-refractivity contribution in [2.45, 2.75) is 11.3 Å². The highest BCUT2D eigenvalue weighted by atomic mass is 32.2. The second-order valence-corrected chi connectivity index (χ2v) is 9.29. The summed E-state index contributed by atoms with van der Waals surface area (Å²) in [6.07, 6.45) is 3.49. The Kier molecular flexibility index (Phi) is 7.76. The molecule has 1 heterocycles. The number of benzene rings is 3. The third-order valence-corrected chi connectivity index (χ3v) is 6.46. The van der Waals surface area contributed by atoms with Crippen LogP contribution < -0.4 is 19.5 Å². The third-order valence-electron chi connectivity index (χ3n) is 5.11. The number of aromatic nitrogens is 2. The lowest BCUT2D eigenvalue weighted by Gasteiger charge is -2.11. The van der Waals surface area contributed by atoms with Crippen LogP contribution in [0.15, 0.2) is 96.2 Å². The number of rotatable bonds is 10. The van der Waals surface area contributed by atoms with Gasteiger partial charge in [0.25, 0.3) is 21.8 Å². The molecule has 0 spiro atoms. The SMILES string of the molecule is COc1nccnc1NS(=O)(=O)c1ccc(NC(=O)c2cccc(OCCc3ccccc3)c2)cc1. The number of carbonyl (C=O) groups excluding carboxylic acids is 1. The minimum atomic E-state index is -3.94. The van der Waals surface area contributed by atoms with E-state index in [-0.39, 0.29) is 22.5 Å². The summed E-state index contributed by atoms with van der Waals surface area (Å²) in [6, 6.07) is 22.6. The van der Waals surface area contributed by atoms with Crippen LogP contribution in [0.5, 0.6) is 11.6 Å². The van der Waals surface area contributed by atoms with Gasteiger partial charge in [-0.05, 0) is 48.0 Å². The third kappa shape index (κ3) is 6.36. The lowest BCUT2D eigenvalue weighted by Crippen LogP contribution is -2.15. The zero-order valence-electron chi connectivity index (χ0n) is 19.4. The van der Waals surface area contributed by atoms with Crippen LogP contribution in [0.2, 0.25) is 0 Å². The predicted molar refractivity (Wildman–Crippen MR) is 136 cm³/mol. The van der Waals surface area contributed by atoms with Gasteiger partial charge >= 0.3 is 0 Å². The largest absolute Gasteiger partial charge is 0.493 e. The molecule has 0 aliphatic rings. The van der Waals surface area contributed by atoms with Crippen molar-refractivity contribution in [3.8, 4) is 11.6 Å². The van der Waals surface area contributed by atoms with Crippen molar-refractivity contribution in [3.63, 3.8) is 0 Å². The van der Waals surface area contributed by atoms with Gasteiger partial charge in [-0.25, -0.2) is 18.4 Å². The molecule has 0 aliphatic carbocycles. The van der Waals surface area contributed by atoms with Crippen molar-refractivity contribution in [2.24, 2.45) is 0 Å². The number of hydrogen-bond donors (Lipinski definition) is 2. The van der Waals surface area contributed by atoms with Crippen LogP contribution in [0, 0.1) is 0 Å². The number of hydrogen-bond acceptors (Lipinski definition) is 7. The quantitative estimate of drug-likeness (QED) is 0.333. The number of ether oxygens (including phenoxy) is 2. The van der Waals surface area contributed by atoms with Gasteiger partial charge in [-0.3, -0.25) is 9.52 Å². The molecule has 0 bridgehead atoms. The first-order valence-electron chi connectivity index (χ1n) is 11.0. The number of nitrogens with zero attached hydrogens (tertiary/aromatic N) is 2. The molecule has 9 nitrogen and oxygen atoms in total. The number of nitrogens with one attached hydrogen (secondary N) is 2. The van der Waals surface area contributed by atoms with Gasteiger partial charge in [0.05, 0.1) is 18.6 Å². The van der Waals surface area contributed by atoms with Gasteiger partial charge in [-0.15, -0.1) is 0 Å². The summed E-state index contributed by atoms with van der Waals surface area (Å²) in [5, 5.41) is 2.76. The van der Waals surface area contributed by atoms with E-state index in [1.54, 1.807) is 24.3 Å². The molecule has 10 heteroatoms. The molecule has 184 valence electrons. The van der Waals surface area contributed by atoms with Crippen molar-refractivity contribution in [2.75, 3.05) is 23.8 Å². The van der Waals surface area contributed by atoms with Gasteiger partial charge in [0, 0.05) is 30.1 Å². The summed E-state index contributed by atoms with van der Waals surface area (Å²) in [5.74, 6) is 0.270. The van der Waals surface area contributed by atoms with Gasteiger partial charge in [0.1, 0.15) is 5.75 Å². The van der Waals surface area contributed by atoms with E-state index in [0.717, 1.165) is 6.42 Å². The van der Waals surface area contributed by atoms with Gasteiger partial charge in [0.15, 0.2) is 0 Å². The maximum absolute atomic E-state index is 12.7. The lowest BCUT2D eigenvalue weighted by molar-refractivity contribution is 0.102. The highest BCUT2D eigenvalue weighted by Gasteiger charge is 2.18. The second kappa shape index (κ2) is 11.3. The molecule has 0 aliphatic heterocycles. The Hall–Kier alpha value is -4.44. The van der Waals surface area contributed by atoms with E-state index in [1.165, 1.54) is 49.3 Å². The number of methoxy groups -OCH3 is 1. The smallest absolute Gasteiger partial charge is 0.263 e. The molecule has 36 heavy (non-hydrogen) atoms. The van der Waals surface area contributed by atoms with Crippen molar-refractivity contribution in [3.05, 3.63) is 102 Å². The monoisotopic (exact) mass is 504 g/mol. The fourth-order valence-corrected chi connectivity index (χ4v) is 4.32. The zero-order chi connectivity index (χ0) is 25.4. The molecule has 0 fully saturated rings. The maximum atomic E-state index is 12.7. The van der Waals surface area contributed by atoms with Crippen LogP contribution in [0.25, 0.3) is 0 Å². The Labute approximate surface area is 209 Å². The van der Waals surface area contributed by atoms with Crippen molar-refractivity contribution < 1.29 is 22.7 Å². The molecular formula is C26H24N4O5S. The molecule has 4 rings (SSSR count). The minimum Gasteiger partial charge on any atom is -0.493 e. The molecule has 2 N–H and O–H groups in total. The highest BCUT2D eigenvalue weighted by molar-refractivity contribution is 7.92. The molecule has 1 aromatic heterocycles. The Morgan fingerprint density at radius 1 is 0.917 bits per heavy atom. The van der Waals surface area contributed by atoms with Gasteiger partial charge in [0.2, 0.25) is 5.82 Å². The van der Waals surface area contributed by atoms with E-state index in [9.17, 15) is 13.2 Å². The summed E-state index contributed by atoms with van der Waals surface area (Å²) in [5.41, 5.74) is 2.02. The second-order valence-electron chi connectivity index (χ2n) is 7.61. The summed E-state index contributed by atoms with van der Waals surface area (Å²) < 4.78 is 38.6. The predicted octanol–water partition coefficient (Wildman–Crippen LogP) is 4.16. The molecule has 0 radical (unpaired) electrons. The highest BCUT2D eigenvalue weighted by Crippen LogP contribution is 2.23. The van der Waals surface area contributed by atoms with E-state index >= 15 is 0 Å². The molecule has 3 aromatic carbocycles. The topological polar surface area (TPSA) is 120 Å². The summed E-state index contributed by atoms with van der Waals surface area (Å²) in [4.78, 5) is 20.6. The Morgan fingerprint density at radius 2 is 1.67 bits per heavy atom. The first kappa shape index (κ1) is 24.7. The van der Waals surface area contributed by atoms with Gasteiger partial charge in [-0.1, -0.05) is 36.4 Å². The van der Waals surface area contributed by atoms with Gasteiger partial charge < -0.3 is 14.8 Å². The number of anilines is 2. The van der Waals surface area contributed by atoms with E-state index in [2.05, 4.69) is 20.0 Å². The first-order chi connectivity index (χ1) is 17.4. The van der Waals surface area contributed by atoms with Crippen LogP contribution in [0.4, 0.5) is 11.5 Å². The maximum Gasteiger partial charge on any atom is 0.263 e. The normalized spacial score (nSPS) is 10.9. The van der Waals surface area contributed by atoms with E-state index in [4.69, 9.17) is 9.47 Å². The molecular weight excluding hydrogens is 480 g/mol. The fourth-order valence-electron chi connectivity index (χ4n) is 3.31. The number of carbonyl (C=O) groups is 1. The average Bonchev–Trinajstić information content (AvgIpc) is 2.90. The van der Waals surface area contributed by atoms with Crippen LogP contribution in [0.1, 0.15) is 15.9 Å². The standard InChI is InChI=1S/C26H24N4O5S/c1-34-26-24(27-15-16-28-26)30-36(32,33)23-12-10-21(11-13-23)29-25(31)20-8-5-9-22(18-20)35-17-14-19-6-3-2-4-7-19/h2-13,15-16,18H,14,17H2,1H3,(H,27,30)(H,29,31). The molecule has 0 atom stereocenters. The summed E-state index contributed by atoms with van der Waals surface area (Å²) in [7, 11) is -2.57. The van der Waals surface area contributed by atoms with Crippen LogP contribution in [0.3, 0.4) is 0 Å². The van der Waals surface area contributed by atoms with Crippen molar-refractivity contribution in [1.29, 1.82) is 0 Å². The molecule has 0 saturated carbocycles. The lowest BCUT2D eigenvalue weighted by atomic mass is 10.1. The minimum absolute atomic E-state index is 0.0120. The van der Waals surface area contributed by atoms with Crippen LogP contribution in [-0.2, 0) is 16.4 Å².